The molecule has 0 heterocycles. The summed E-state index contributed by atoms with van der Waals surface area (Å²) >= 11 is 17.1. The Bertz CT molecular complexity index is 517. The molecule has 0 radical (unpaired) electrons. The van der Waals surface area contributed by atoms with Gasteiger partial charge in [0.25, 0.3) is 5.91 Å². The Balaban J connectivity index is 3.05. The summed E-state index contributed by atoms with van der Waals surface area (Å²) in [5.41, 5.74) is 1.80. The number of hydrogen-bond acceptors (Lipinski definition) is 2. The van der Waals surface area contributed by atoms with Gasteiger partial charge in [0, 0.05) is 0 Å². The number of carbonyl (C=O) groups excluding carboxylic acids is 1. The molecule has 0 saturated heterocycles. The molecular weight excluding hydrogens is 327 g/mol. The van der Waals surface area contributed by atoms with Gasteiger partial charge in [-0.05, 0) is 19.1 Å². The third-order valence-electron chi connectivity index (χ3n) is 2.32. The van der Waals surface area contributed by atoms with Crippen molar-refractivity contribution in [3.05, 3.63) is 27.2 Å². The zero-order valence-corrected chi connectivity index (χ0v) is 11.7. The Morgan fingerprint density at radius 3 is 2.11 bits per heavy atom. The average molecular weight is 336 g/mol. The molecule has 0 aliphatic rings. The van der Waals surface area contributed by atoms with Crippen LogP contribution in [0.5, 0.6) is 0 Å². The molecule has 3 nitrogen and oxygen atoms in total. The van der Waals surface area contributed by atoms with Gasteiger partial charge >= 0.3 is 6.18 Å². The summed E-state index contributed by atoms with van der Waals surface area (Å²) in [5.74, 6) is -1.46. The minimum atomic E-state index is -4.90. The first-order valence-electron chi connectivity index (χ1n) is 4.78. The van der Waals surface area contributed by atoms with Crippen LogP contribution in [0.3, 0.4) is 0 Å². The number of carbonyl (C=O) groups is 1. The first-order chi connectivity index (χ1) is 8.46. The zero-order chi connectivity index (χ0) is 15.0. The maximum Gasteiger partial charge on any atom is 0.415 e. The Morgan fingerprint density at radius 2 is 1.63 bits per heavy atom. The Kier molecular flexibility index (Phi) is 4.62. The van der Waals surface area contributed by atoms with Crippen LogP contribution in [0.15, 0.2) is 12.1 Å². The number of alkyl halides is 3. The standard InChI is InChI=1S/C10H8Cl3F3N2O/c1-9(17,10(14,15)16)8(19)18-7-3-5(12)4(11)2-6(7)13/h2-3H,17H2,1H3,(H,18,19). The molecule has 9 heteroatoms. The highest BCUT2D eigenvalue weighted by molar-refractivity contribution is 6.44. The van der Waals surface area contributed by atoms with Crippen molar-refractivity contribution < 1.29 is 18.0 Å². The first kappa shape index (κ1) is 16.4. The molecule has 19 heavy (non-hydrogen) atoms. The van der Waals surface area contributed by atoms with E-state index in [0.29, 0.717) is 6.92 Å². The molecule has 3 N–H and O–H groups in total. The third kappa shape index (κ3) is 3.45. The van der Waals surface area contributed by atoms with E-state index in [1.165, 1.54) is 6.07 Å². The normalized spacial score (nSPS) is 14.9. The lowest BCUT2D eigenvalue weighted by Gasteiger charge is -2.26. The lowest BCUT2D eigenvalue weighted by atomic mass is 10.0. The molecule has 0 aliphatic heterocycles. The second-order valence-corrected chi connectivity index (χ2v) is 5.12. The van der Waals surface area contributed by atoms with Crippen LogP contribution in [-0.4, -0.2) is 17.6 Å². The number of nitrogens with two attached hydrogens (primary N) is 1. The Labute approximate surface area is 121 Å². The fourth-order valence-corrected chi connectivity index (χ4v) is 1.59. The maximum absolute atomic E-state index is 12.6. The molecule has 0 aromatic heterocycles. The van der Waals surface area contributed by atoms with Gasteiger partial charge in [-0.2, -0.15) is 13.2 Å². The zero-order valence-electron chi connectivity index (χ0n) is 9.41. The van der Waals surface area contributed by atoms with E-state index in [4.69, 9.17) is 40.5 Å². The number of halogens is 6. The van der Waals surface area contributed by atoms with E-state index < -0.39 is 17.6 Å². The van der Waals surface area contributed by atoms with Crippen LogP contribution in [0, 0.1) is 0 Å². The van der Waals surface area contributed by atoms with Gasteiger partial charge in [-0.1, -0.05) is 34.8 Å². The van der Waals surface area contributed by atoms with Crippen LogP contribution < -0.4 is 11.1 Å². The van der Waals surface area contributed by atoms with Gasteiger partial charge in [0.2, 0.25) is 0 Å². The van der Waals surface area contributed by atoms with Gasteiger partial charge in [-0.3, -0.25) is 4.79 Å². The molecule has 1 rings (SSSR count). The highest BCUT2D eigenvalue weighted by Gasteiger charge is 2.54. The fourth-order valence-electron chi connectivity index (χ4n) is 0.999. The van der Waals surface area contributed by atoms with Gasteiger partial charge < -0.3 is 11.1 Å². The van der Waals surface area contributed by atoms with Crippen molar-refractivity contribution in [3.63, 3.8) is 0 Å². The predicted octanol–water partition coefficient (Wildman–Crippen LogP) is 3.87. The van der Waals surface area contributed by atoms with Gasteiger partial charge in [0.1, 0.15) is 0 Å². The smallest absolute Gasteiger partial charge is 0.323 e. The quantitative estimate of drug-likeness (QED) is 0.806. The molecule has 1 amide bonds. The summed E-state index contributed by atoms with van der Waals surface area (Å²) in [5, 5.41) is 2.05. The molecule has 0 fully saturated rings. The van der Waals surface area contributed by atoms with Crippen molar-refractivity contribution in [1.29, 1.82) is 0 Å². The van der Waals surface area contributed by atoms with Crippen molar-refractivity contribution in [2.75, 3.05) is 5.32 Å². The highest BCUT2D eigenvalue weighted by atomic mass is 35.5. The summed E-state index contributed by atoms with van der Waals surface area (Å²) < 4.78 is 37.7. The van der Waals surface area contributed by atoms with Crippen LogP contribution in [0.4, 0.5) is 18.9 Å². The SMILES string of the molecule is CC(N)(C(=O)Nc1cc(Cl)c(Cl)cc1Cl)C(F)(F)F. The van der Waals surface area contributed by atoms with Gasteiger partial charge in [0.05, 0.1) is 20.8 Å². The van der Waals surface area contributed by atoms with Crippen molar-refractivity contribution in [2.24, 2.45) is 5.73 Å². The van der Waals surface area contributed by atoms with E-state index in [1.807, 2.05) is 5.32 Å². The molecule has 1 atom stereocenters. The lowest BCUT2D eigenvalue weighted by molar-refractivity contribution is -0.184. The second kappa shape index (κ2) is 5.36. The average Bonchev–Trinajstić information content (AvgIpc) is 2.24. The Morgan fingerprint density at radius 1 is 1.16 bits per heavy atom. The van der Waals surface area contributed by atoms with Crippen molar-refractivity contribution in [1.82, 2.24) is 0 Å². The summed E-state index contributed by atoms with van der Waals surface area (Å²) in [7, 11) is 0. The minimum absolute atomic E-state index is 0.0344. The minimum Gasteiger partial charge on any atom is -0.323 e. The number of hydrogen-bond donors (Lipinski definition) is 2. The van der Waals surface area contributed by atoms with E-state index in [0.717, 1.165) is 6.07 Å². The van der Waals surface area contributed by atoms with Crippen LogP contribution in [0.25, 0.3) is 0 Å². The largest absolute Gasteiger partial charge is 0.415 e. The van der Waals surface area contributed by atoms with E-state index >= 15 is 0 Å². The Hall–Kier alpha value is -0.690. The summed E-state index contributed by atoms with van der Waals surface area (Å²) in [6, 6.07) is 2.33. The van der Waals surface area contributed by atoms with Crippen molar-refractivity contribution >= 4 is 46.4 Å². The molecule has 0 aliphatic carbocycles. The van der Waals surface area contributed by atoms with E-state index in [9.17, 15) is 18.0 Å². The highest BCUT2D eigenvalue weighted by Crippen LogP contribution is 2.34. The summed E-state index contributed by atoms with van der Waals surface area (Å²) in [4.78, 5) is 11.5. The maximum atomic E-state index is 12.6. The molecule has 1 aromatic carbocycles. The van der Waals surface area contributed by atoms with E-state index in [1.54, 1.807) is 0 Å². The monoisotopic (exact) mass is 334 g/mol. The third-order valence-corrected chi connectivity index (χ3v) is 3.35. The summed E-state index contributed by atoms with van der Waals surface area (Å²) in [6.07, 6.45) is -4.90. The van der Waals surface area contributed by atoms with Gasteiger partial charge in [-0.25, -0.2) is 0 Å². The molecule has 0 bridgehead atoms. The van der Waals surface area contributed by atoms with Crippen molar-refractivity contribution in [3.8, 4) is 0 Å². The van der Waals surface area contributed by atoms with Gasteiger partial charge in [-0.15, -0.1) is 0 Å². The number of anilines is 1. The molecule has 0 spiro atoms. The topological polar surface area (TPSA) is 55.1 Å². The summed E-state index contributed by atoms with van der Waals surface area (Å²) in [6.45, 7) is 0.549. The molecular formula is C10H8Cl3F3N2O. The van der Waals surface area contributed by atoms with Crippen LogP contribution in [0.2, 0.25) is 15.1 Å². The molecule has 106 valence electrons. The number of benzene rings is 1. The van der Waals surface area contributed by atoms with Crippen LogP contribution in [0.1, 0.15) is 6.92 Å². The van der Waals surface area contributed by atoms with Crippen molar-refractivity contribution in [2.45, 2.75) is 18.6 Å². The lowest BCUT2D eigenvalue weighted by Crippen LogP contribution is -2.59. The van der Waals surface area contributed by atoms with Gasteiger partial charge in [0.15, 0.2) is 5.54 Å². The number of amides is 1. The van der Waals surface area contributed by atoms with E-state index in [2.05, 4.69) is 0 Å². The second-order valence-electron chi connectivity index (χ2n) is 3.90. The molecule has 0 saturated carbocycles. The number of rotatable bonds is 2. The first-order valence-corrected chi connectivity index (χ1v) is 5.92. The van der Waals surface area contributed by atoms with Crippen LogP contribution >= 0.6 is 34.8 Å². The van der Waals surface area contributed by atoms with E-state index in [-0.39, 0.29) is 20.8 Å². The molecule has 1 unspecified atom stereocenters. The predicted molar refractivity (Wildman–Crippen MR) is 68.7 cm³/mol. The fraction of sp³-hybridized carbons (Fsp3) is 0.300. The molecule has 1 aromatic rings. The van der Waals surface area contributed by atoms with Crippen LogP contribution in [-0.2, 0) is 4.79 Å². The number of nitrogens with one attached hydrogen (secondary N) is 1.